The summed E-state index contributed by atoms with van der Waals surface area (Å²) in [5.41, 5.74) is 3.30. The summed E-state index contributed by atoms with van der Waals surface area (Å²) in [7, 11) is 1.62. The van der Waals surface area contributed by atoms with E-state index < -0.39 is 0 Å². The van der Waals surface area contributed by atoms with Crippen LogP contribution < -0.4 is 4.74 Å². The van der Waals surface area contributed by atoms with Crippen LogP contribution in [-0.2, 0) is 0 Å². The lowest BCUT2D eigenvalue weighted by atomic mass is 10.1. The molecule has 0 saturated heterocycles. The van der Waals surface area contributed by atoms with Crippen molar-refractivity contribution in [1.82, 2.24) is 9.38 Å². The largest absolute Gasteiger partial charge is 0.494 e. The number of pyridine rings is 1. The normalized spacial score (nSPS) is 11.2. The van der Waals surface area contributed by atoms with Gasteiger partial charge in [0.1, 0.15) is 22.8 Å². The highest BCUT2D eigenvalue weighted by molar-refractivity contribution is 5.74. The van der Waals surface area contributed by atoms with E-state index in [4.69, 9.17) is 9.72 Å². The Kier molecular flexibility index (Phi) is 3.96. The zero-order chi connectivity index (χ0) is 17.1. The minimum Gasteiger partial charge on any atom is -0.494 e. The van der Waals surface area contributed by atoms with E-state index in [1.165, 1.54) is 0 Å². The van der Waals surface area contributed by atoms with E-state index in [-0.39, 0.29) is 0 Å². The molecule has 5 heteroatoms. The number of ether oxygens (including phenoxy) is 1. The third-order valence-corrected chi connectivity index (χ3v) is 3.89. The zero-order valence-corrected chi connectivity index (χ0v) is 13.7. The maximum atomic E-state index is 5.34. The van der Waals surface area contributed by atoms with E-state index in [2.05, 4.69) is 10.2 Å². The van der Waals surface area contributed by atoms with Crippen molar-refractivity contribution in [3.63, 3.8) is 0 Å². The van der Waals surface area contributed by atoms with Gasteiger partial charge in [-0.3, -0.25) is 4.40 Å². The molecule has 4 aromatic rings. The van der Waals surface area contributed by atoms with Crippen LogP contribution in [0.25, 0.3) is 16.9 Å². The summed E-state index contributed by atoms with van der Waals surface area (Å²) in [5.74, 6) is 1.37. The molecular weight excluding hydrogens is 312 g/mol. The number of rotatable bonds is 4. The van der Waals surface area contributed by atoms with Gasteiger partial charge in [-0.1, -0.05) is 48.5 Å². The van der Waals surface area contributed by atoms with Gasteiger partial charge in [0.05, 0.1) is 7.11 Å². The van der Waals surface area contributed by atoms with Gasteiger partial charge < -0.3 is 4.74 Å². The molecule has 0 N–H and O–H groups in total. The molecule has 122 valence electrons. The van der Waals surface area contributed by atoms with Crippen molar-refractivity contribution >= 4 is 17.2 Å². The maximum absolute atomic E-state index is 5.34. The number of imidazole rings is 1. The molecule has 0 aliphatic rings. The lowest BCUT2D eigenvalue weighted by Crippen LogP contribution is -1.83. The summed E-state index contributed by atoms with van der Waals surface area (Å²) in [6, 6.07) is 23.4. The summed E-state index contributed by atoms with van der Waals surface area (Å²) in [5, 5.41) is 8.89. The highest BCUT2D eigenvalue weighted by Crippen LogP contribution is 2.33. The van der Waals surface area contributed by atoms with Crippen molar-refractivity contribution in [3.05, 3.63) is 79.0 Å². The number of hydrogen-bond donors (Lipinski definition) is 0. The minimum absolute atomic E-state index is 0.676. The first kappa shape index (κ1) is 15.1. The van der Waals surface area contributed by atoms with Gasteiger partial charge >= 0.3 is 0 Å². The number of azo groups is 1. The van der Waals surface area contributed by atoms with Crippen LogP contribution in [-0.4, -0.2) is 16.5 Å². The summed E-state index contributed by atoms with van der Waals surface area (Å²) >= 11 is 0. The van der Waals surface area contributed by atoms with Gasteiger partial charge in [0.15, 0.2) is 5.82 Å². The van der Waals surface area contributed by atoms with Crippen molar-refractivity contribution < 1.29 is 4.74 Å². The molecular formula is C20H16N4O. The molecule has 2 aromatic heterocycles. The number of hydrogen-bond acceptors (Lipinski definition) is 4. The number of fused-ring (bicyclic) bond motifs is 1. The molecule has 0 aliphatic heterocycles. The average molecular weight is 328 g/mol. The molecule has 25 heavy (non-hydrogen) atoms. The molecule has 2 aromatic carbocycles. The molecule has 4 rings (SSSR count). The Morgan fingerprint density at radius 1 is 0.840 bits per heavy atom. The number of nitrogens with zero attached hydrogens (tertiary/aromatic N) is 4. The number of aromatic nitrogens is 2. The van der Waals surface area contributed by atoms with Crippen molar-refractivity contribution in [2.75, 3.05) is 7.11 Å². The molecule has 0 aliphatic carbocycles. The smallest absolute Gasteiger partial charge is 0.187 e. The Bertz CT molecular complexity index is 1040. The monoisotopic (exact) mass is 328 g/mol. The fourth-order valence-electron chi connectivity index (χ4n) is 2.68. The van der Waals surface area contributed by atoms with Crippen LogP contribution in [0.15, 0.2) is 89.2 Å². The summed E-state index contributed by atoms with van der Waals surface area (Å²) in [4.78, 5) is 4.72. The lowest BCUT2D eigenvalue weighted by Gasteiger charge is -2.02. The highest BCUT2D eigenvalue weighted by atomic mass is 16.5. The van der Waals surface area contributed by atoms with Gasteiger partial charge in [-0.25, -0.2) is 4.98 Å². The molecule has 5 nitrogen and oxygen atoms in total. The second-order valence-electron chi connectivity index (χ2n) is 5.45. The average Bonchev–Trinajstić information content (AvgIpc) is 3.06. The standard InChI is InChI=1S/C20H16N4O/c1-25-17-12-6-5-11-16(17)22-23-20-19(15-9-3-2-4-10-15)21-18-13-7-8-14-24(18)20/h2-14H,1H3. The fraction of sp³-hybridized carbons (Fsp3) is 0.0500. The lowest BCUT2D eigenvalue weighted by molar-refractivity contribution is 0.416. The zero-order valence-electron chi connectivity index (χ0n) is 13.7. The number of para-hydroxylation sites is 1. The van der Waals surface area contributed by atoms with E-state index in [1.807, 2.05) is 83.4 Å². The van der Waals surface area contributed by atoms with E-state index in [9.17, 15) is 0 Å². The van der Waals surface area contributed by atoms with Crippen molar-refractivity contribution in [1.29, 1.82) is 0 Å². The quantitative estimate of drug-likeness (QED) is 0.469. The van der Waals surface area contributed by atoms with Gasteiger partial charge in [-0.2, -0.15) is 0 Å². The third kappa shape index (κ3) is 2.87. The van der Waals surface area contributed by atoms with Gasteiger partial charge in [-0.15, -0.1) is 10.2 Å². The van der Waals surface area contributed by atoms with Gasteiger partial charge in [0, 0.05) is 11.8 Å². The Balaban J connectivity index is 1.87. The predicted molar refractivity (Wildman–Crippen MR) is 97.8 cm³/mol. The molecule has 0 saturated carbocycles. The van der Waals surface area contributed by atoms with Crippen LogP contribution in [0.2, 0.25) is 0 Å². The number of benzene rings is 2. The second-order valence-corrected chi connectivity index (χ2v) is 5.45. The first-order valence-corrected chi connectivity index (χ1v) is 7.94. The Morgan fingerprint density at radius 3 is 2.44 bits per heavy atom. The van der Waals surface area contributed by atoms with E-state index in [0.29, 0.717) is 17.3 Å². The molecule has 0 atom stereocenters. The molecule has 0 amide bonds. The predicted octanol–water partition coefficient (Wildman–Crippen LogP) is 5.43. The molecule has 2 heterocycles. The third-order valence-electron chi connectivity index (χ3n) is 3.89. The second kappa shape index (κ2) is 6.57. The van der Waals surface area contributed by atoms with Gasteiger partial charge in [-0.05, 0) is 24.3 Å². The Labute approximate surface area is 145 Å². The van der Waals surface area contributed by atoms with Crippen LogP contribution in [0.4, 0.5) is 11.5 Å². The van der Waals surface area contributed by atoms with Crippen LogP contribution in [0.1, 0.15) is 0 Å². The molecule has 0 unspecified atom stereocenters. The summed E-state index contributed by atoms with van der Waals surface area (Å²) < 4.78 is 7.27. The van der Waals surface area contributed by atoms with Crippen LogP contribution in [0.3, 0.4) is 0 Å². The van der Waals surface area contributed by atoms with E-state index >= 15 is 0 Å². The Morgan fingerprint density at radius 2 is 1.60 bits per heavy atom. The van der Waals surface area contributed by atoms with Crippen molar-refractivity contribution in [2.45, 2.75) is 0 Å². The van der Waals surface area contributed by atoms with Crippen molar-refractivity contribution in [3.8, 4) is 17.0 Å². The summed E-state index contributed by atoms with van der Waals surface area (Å²) in [6.07, 6.45) is 1.94. The van der Waals surface area contributed by atoms with Crippen LogP contribution in [0.5, 0.6) is 5.75 Å². The first-order valence-electron chi connectivity index (χ1n) is 7.94. The van der Waals surface area contributed by atoms with E-state index in [1.54, 1.807) is 7.11 Å². The van der Waals surface area contributed by atoms with E-state index in [0.717, 1.165) is 16.9 Å². The minimum atomic E-state index is 0.676. The van der Waals surface area contributed by atoms with Gasteiger partial charge in [0.2, 0.25) is 0 Å². The topological polar surface area (TPSA) is 51.2 Å². The maximum Gasteiger partial charge on any atom is 0.187 e. The van der Waals surface area contributed by atoms with Crippen molar-refractivity contribution in [2.24, 2.45) is 10.2 Å². The first-order chi connectivity index (χ1) is 12.4. The highest BCUT2D eigenvalue weighted by Gasteiger charge is 2.13. The molecule has 0 fully saturated rings. The summed E-state index contributed by atoms with van der Waals surface area (Å²) in [6.45, 7) is 0. The molecule has 0 radical (unpaired) electrons. The molecule has 0 spiro atoms. The number of methoxy groups -OCH3 is 1. The van der Waals surface area contributed by atoms with Gasteiger partial charge in [0.25, 0.3) is 0 Å². The SMILES string of the molecule is COc1ccccc1N=Nc1c(-c2ccccc2)nc2ccccn12. The Hall–Kier alpha value is -3.47. The van der Waals surface area contributed by atoms with Crippen LogP contribution in [0, 0.1) is 0 Å². The fourth-order valence-corrected chi connectivity index (χ4v) is 2.68. The molecule has 0 bridgehead atoms. The van der Waals surface area contributed by atoms with Crippen LogP contribution >= 0.6 is 0 Å².